The molecule has 1 amide bonds. The fraction of sp³-hybridized carbons (Fsp3) is 0.192. The molecule has 0 saturated carbocycles. The predicted molar refractivity (Wildman–Crippen MR) is 133 cm³/mol. The molecule has 0 aliphatic heterocycles. The number of thiazole rings is 1. The Kier molecular flexibility index (Phi) is 6.14. The number of aromatic nitrogens is 4. The van der Waals surface area contributed by atoms with Crippen molar-refractivity contribution in [3.05, 3.63) is 89.6 Å². The minimum Gasteiger partial charge on any atom is -0.339 e. The van der Waals surface area contributed by atoms with Gasteiger partial charge in [-0.2, -0.15) is 4.98 Å². The zero-order chi connectivity index (χ0) is 23.5. The van der Waals surface area contributed by atoms with E-state index in [4.69, 9.17) is 9.51 Å². The Bertz CT molecular complexity index is 1430. The first-order chi connectivity index (χ1) is 16.6. The van der Waals surface area contributed by atoms with E-state index in [9.17, 15) is 4.79 Å². The van der Waals surface area contributed by atoms with Crippen LogP contribution in [0, 0.1) is 13.8 Å². The van der Waals surface area contributed by atoms with Crippen LogP contribution >= 0.6 is 11.3 Å². The number of hydrogen-bond acceptors (Lipinski definition) is 7. The van der Waals surface area contributed by atoms with Crippen LogP contribution in [0.4, 0.5) is 5.13 Å². The lowest BCUT2D eigenvalue weighted by Crippen LogP contribution is -2.30. The van der Waals surface area contributed by atoms with E-state index in [1.54, 1.807) is 28.6 Å². The molecule has 0 bridgehead atoms. The second-order valence-corrected chi connectivity index (χ2v) is 9.12. The number of nitrogens with zero attached hydrogens (tertiary/aromatic N) is 5. The van der Waals surface area contributed by atoms with Gasteiger partial charge in [-0.25, -0.2) is 4.98 Å². The van der Waals surface area contributed by atoms with Gasteiger partial charge in [0.25, 0.3) is 0 Å². The lowest BCUT2D eigenvalue weighted by Gasteiger charge is -2.19. The van der Waals surface area contributed by atoms with Crippen molar-refractivity contribution in [2.45, 2.75) is 33.2 Å². The maximum Gasteiger partial charge on any atom is 0.229 e. The molecule has 0 saturated heterocycles. The molecule has 0 unspecified atom stereocenters. The third-order valence-electron chi connectivity index (χ3n) is 5.46. The lowest BCUT2D eigenvalue weighted by atomic mass is 10.1. The summed E-state index contributed by atoms with van der Waals surface area (Å²) in [5, 5.41) is 4.71. The van der Waals surface area contributed by atoms with Gasteiger partial charge in [-0.05, 0) is 48.7 Å². The molecule has 8 heteroatoms. The summed E-state index contributed by atoms with van der Waals surface area (Å²) in [4.78, 5) is 28.5. The summed E-state index contributed by atoms with van der Waals surface area (Å²) in [7, 11) is 0. The Morgan fingerprint density at radius 3 is 2.71 bits per heavy atom. The molecule has 34 heavy (non-hydrogen) atoms. The standard InChI is InChI=1S/C26H23N5O2S/c1-17-13-18(2)24-21(14-17)28-26(34-24)31(16-19-7-4-3-5-8-19)23(32)11-10-22-29-25(30-33-22)20-9-6-12-27-15-20/h3-9,12-15H,10-11,16H2,1-2H3. The van der Waals surface area contributed by atoms with Gasteiger partial charge in [0.15, 0.2) is 5.13 Å². The monoisotopic (exact) mass is 469 g/mol. The lowest BCUT2D eigenvalue weighted by molar-refractivity contribution is -0.118. The first-order valence-electron chi connectivity index (χ1n) is 11.0. The first kappa shape index (κ1) is 21.9. The molecule has 0 radical (unpaired) electrons. The van der Waals surface area contributed by atoms with E-state index in [1.165, 1.54) is 5.56 Å². The summed E-state index contributed by atoms with van der Waals surface area (Å²) in [6.07, 6.45) is 3.95. The second kappa shape index (κ2) is 9.52. The highest BCUT2D eigenvalue weighted by molar-refractivity contribution is 7.22. The predicted octanol–water partition coefficient (Wildman–Crippen LogP) is 5.52. The van der Waals surface area contributed by atoms with E-state index in [0.717, 1.165) is 26.9 Å². The summed E-state index contributed by atoms with van der Waals surface area (Å²) < 4.78 is 6.48. The van der Waals surface area contributed by atoms with Gasteiger partial charge in [0.2, 0.25) is 17.6 Å². The van der Waals surface area contributed by atoms with Gasteiger partial charge in [0.05, 0.1) is 16.8 Å². The van der Waals surface area contributed by atoms with Crippen LogP contribution in [-0.4, -0.2) is 26.0 Å². The number of anilines is 1. The Morgan fingerprint density at radius 1 is 1.06 bits per heavy atom. The van der Waals surface area contributed by atoms with Crippen LogP contribution in [0.1, 0.15) is 29.0 Å². The number of amides is 1. The van der Waals surface area contributed by atoms with Crippen molar-refractivity contribution in [3.63, 3.8) is 0 Å². The molecule has 0 aliphatic carbocycles. The molecular weight excluding hydrogens is 446 g/mol. The first-order valence-corrected chi connectivity index (χ1v) is 11.8. The summed E-state index contributed by atoms with van der Waals surface area (Å²) in [6, 6.07) is 17.8. The van der Waals surface area contributed by atoms with Crippen LogP contribution in [0.3, 0.4) is 0 Å². The maximum absolute atomic E-state index is 13.4. The number of hydrogen-bond donors (Lipinski definition) is 0. The Hall–Kier alpha value is -3.91. The molecule has 170 valence electrons. The number of pyridine rings is 1. The van der Waals surface area contributed by atoms with Gasteiger partial charge < -0.3 is 4.52 Å². The van der Waals surface area contributed by atoms with Crippen molar-refractivity contribution in [1.29, 1.82) is 0 Å². The number of fused-ring (bicyclic) bond motifs is 1. The van der Waals surface area contributed by atoms with Crippen molar-refractivity contribution in [2.24, 2.45) is 0 Å². The van der Waals surface area contributed by atoms with E-state index in [-0.39, 0.29) is 12.3 Å². The number of aryl methyl sites for hydroxylation is 3. The molecule has 3 aromatic heterocycles. The highest BCUT2D eigenvalue weighted by Crippen LogP contribution is 2.33. The fourth-order valence-corrected chi connectivity index (χ4v) is 4.86. The summed E-state index contributed by atoms with van der Waals surface area (Å²) >= 11 is 1.55. The largest absolute Gasteiger partial charge is 0.339 e. The molecule has 0 atom stereocenters. The van der Waals surface area contributed by atoms with Crippen molar-refractivity contribution >= 4 is 32.6 Å². The van der Waals surface area contributed by atoms with Gasteiger partial charge in [0.1, 0.15) is 0 Å². The van der Waals surface area contributed by atoms with Gasteiger partial charge >= 0.3 is 0 Å². The van der Waals surface area contributed by atoms with E-state index in [0.29, 0.717) is 29.8 Å². The van der Waals surface area contributed by atoms with Crippen LogP contribution in [0.5, 0.6) is 0 Å². The molecule has 5 aromatic rings. The van der Waals surface area contributed by atoms with Crippen LogP contribution < -0.4 is 4.90 Å². The Morgan fingerprint density at radius 2 is 1.91 bits per heavy atom. The molecule has 0 fully saturated rings. The molecule has 5 rings (SSSR count). The fourth-order valence-electron chi connectivity index (χ4n) is 3.83. The van der Waals surface area contributed by atoms with Crippen LogP contribution in [-0.2, 0) is 17.8 Å². The number of rotatable bonds is 7. The summed E-state index contributed by atoms with van der Waals surface area (Å²) in [6.45, 7) is 4.58. The quantitative estimate of drug-likeness (QED) is 0.312. The van der Waals surface area contributed by atoms with Crippen LogP contribution in [0.25, 0.3) is 21.6 Å². The van der Waals surface area contributed by atoms with Crippen molar-refractivity contribution < 1.29 is 9.32 Å². The molecule has 0 N–H and O–H groups in total. The average molecular weight is 470 g/mol. The second-order valence-electron chi connectivity index (χ2n) is 8.15. The normalized spacial score (nSPS) is 11.1. The molecule has 3 heterocycles. The highest BCUT2D eigenvalue weighted by atomic mass is 32.1. The van der Waals surface area contributed by atoms with E-state index in [2.05, 4.69) is 41.1 Å². The van der Waals surface area contributed by atoms with Gasteiger partial charge in [-0.15, -0.1) is 0 Å². The van der Waals surface area contributed by atoms with Gasteiger partial charge in [0, 0.05) is 30.8 Å². The SMILES string of the molecule is Cc1cc(C)c2sc(N(Cc3ccccc3)C(=O)CCc3nc(-c4cccnc4)no3)nc2c1. The molecule has 7 nitrogen and oxygen atoms in total. The molecule has 0 spiro atoms. The van der Waals surface area contributed by atoms with Crippen LogP contribution in [0.15, 0.2) is 71.5 Å². The highest BCUT2D eigenvalue weighted by Gasteiger charge is 2.22. The zero-order valence-electron chi connectivity index (χ0n) is 18.9. The number of carbonyl (C=O) groups is 1. The summed E-state index contributed by atoms with van der Waals surface area (Å²) in [5.74, 6) is 0.842. The summed E-state index contributed by atoms with van der Waals surface area (Å²) in [5.41, 5.74) is 5.05. The molecule has 2 aromatic carbocycles. The number of carbonyl (C=O) groups excluding carboxylic acids is 1. The maximum atomic E-state index is 13.4. The Labute approximate surface area is 201 Å². The Balaban J connectivity index is 1.38. The third-order valence-corrected chi connectivity index (χ3v) is 6.69. The topological polar surface area (TPSA) is 85.0 Å². The van der Waals surface area contributed by atoms with Crippen molar-refractivity contribution in [3.8, 4) is 11.4 Å². The molecule has 0 aliphatic rings. The third kappa shape index (κ3) is 4.72. The van der Waals surface area contributed by atoms with Crippen LogP contribution in [0.2, 0.25) is 0 Å². The van der Waals surface area contributed by atoms with Crippen molar-refractivity contribution in [1.82, 2.24) is 20.1 Å². The molecular formula is C26H23N5O2S. The van der Waals surface area contributed by atoms with E-state index < -0.39 is 0 Å². The minimum atomic E-state index is -0.0431. The van der Waals surface area contributed by atoms with E-state index in [1.807, 2.05) is 42.5 Å². The van der Waals surface area contributed by atoms with Gasteiger partial charge in [-0.1, -0.05) is 52.9 Å². The minimum absolute atomic E-state index is 0.0431. The van der Waals surface area contributed by atoms with Gasteiger partial charge in [-0.3, -0.25) is 14.7 Å². The van der Waals surface area contributed by atoms with E-state index >= 15 is 0 Å². The smallest absolute Gasteiger partial charge is 0.229 e. The van der Waals surface area contributed by atoms with Crippen molar-refractivity contribution in [2.75, 3.05) is 4.90 Å². The zero-order valence-corrected chi connectivity index (χ0v) is 19.7. The number of benzene rings is 2. The average Bonchev–Trinajstić information content (AvgIpc) is 3.50.